The average Bonchev–Trinajstić information content (AvgIpc) is 2.64. The van der Waals surface area contributed by atoms with E-state index in [2.05, 4.69) is 19.8 Å². The Kier molecular flexibility index (Phi) is 4.51. The van der Waals surface area contributed by atoms with E-state index < -0.39 is 0 Å². The molecule has 1 aliphatic heterocycles. The second-order valence-corrected chi connectivity index (χ2v) is 4.48. The molecular formula is C12H19N5O2. The van der Waals surface area contributed by atoms with Crippen molar-refractivity contribution in [1.82, 2.24) is 14.9 Å². The van der Waals surface area contributed by atoms with Gasteiger partial charge in [-0.2, -0.15) is 4.98 Å². The number of amides is 1. The molecule has 2 rings (SSSR count). The van der Waals surface area contributed by atoms with Crippen LogP contribution in [0.4, 0.5) is 5.95 Å². The first-order valence-electron chi connectivity index (χ1n) is 6.31. The van der Waals surface area contributed by atoms with Crippen LogP contribution in [0.15, 0.2) is 12.3 Å². The molecule has 1 aromatic rings. The van der Waals surface area contributed by atoms with Crippen molar-refractivity contribution in [2.24, 2.45) is 5.73 Å². The van der Waals surface area contributed by atoms with Gasteiger partial charge < -0.3 is 15.4 Å². The van der Waals surface area contributed by atoms with Crippen LogP contribution in [0.2, 0.25) is 0 Å². The van der Waals surface area contributed by atoms with Crippen LogP contribution in [0.5, 0.6) is 5.88 Å². The number of carbonyl (C=O) groups is 1. The van der Waals surface area contributed by atoms with Crippen LogP contribution in [0, 0.1) is 0 Å². The van der Waals surface area contributed by atoms with Gasteiger partial charge in [0.15, 0.2) is 0 Å². The summed E-state index contributed by atoms with van der Waals surface area (Å²) >= 11 is 0. The zero-order valence-electron chi connectivity index (χ0n) is 11.1. The van der Waals surface area contributed by atoms with Gasteiger partial charge >= 0.3 is 0 Å². The predicted molar refractivity (Wildman–Crippen MR) is 71.0 cm³/mol. The topological polar surface area (TPSA) is 84.6 Å². The van der Waals surface area contributed by atoms with E-state index >= 15 is 0 Å². The number of ether oxygens (including phenoxy) is 1. The van der Waals surface area contributed by atoms with Gasteiger partial charge in [-0.25, -0.2) is 4.98 Å². The van der Waals surface area contributed by atoms with Crippen LogP contribution in [-0.2, 0) is 4.79 Å². The molecule has 1 aromatic heterocycles. The largest absolute Gasteiger partial charge is 0.481 e. The van der Waals surface area contributed by atoms with Crippen molar-refractivity contribution in [3.63, 3.8) is 0 Å². The molecule has 1 amide bonds. The van der Waals surface area contributed by atoms with E-state index in [1.807, 2.05) is 0 Å². The summed E-state index contributed by atoms with van der Waals surface area (Å²) in [4.78, 5) is 23.7. The maximum absolute atomic E-state index is 10.9. The minimum Gasteiger partial charge on any atom is -0.481 e. The third-order valence-corrected chi connectivity index (χ3v) is 3.08. The molecule has 1 fully saturated rings. The van der Waals surface area contributed by atoms with Crippen molar-refractivity contribution in [3.05, 3.63) is 12.3 Å². The van der Waals surface area contributed by atoms with Gasteiger partial charge in [0.2, 0.25) is 17.7 Å². The van der Waals surface area contributed by atoms with E-state index in [1.54, 1.807) is 19.4 Å². The third-order valence-electron chi connectivity index (χ3n) is 3.08. The Balaban J connectivity index is 2.00. The third kappa shape index (κ3) is 3.78. The summed E-state index contributed by atoms with van der Waals surface area (Å²) in [5.74, 6) is 0.939. The summed E-state index contributed by atoms with van der Waals surface area (Å²) in [6, 6.07) is 1.72. The second kappa shape index (κ2) is 6.33. The van der Waals surface area contributed by atoms with E-state index in [0.717, 1.165) is 32.6 Å². The highest BCUT2D eigenvalue weighted by atomic mass is 16.5. The SMILES string of the molecule is COc1ccnc(N2CCCN(CC(N)=O)CC2)n1. The molecule has 0 bridgehead atoms. The van der Waals surface area contributed by atoms with Crippen LogP contribution in [-0.4, -0.2) is 60.6 Å². The first-order valence-corrected chi connectivity index (χ1v) is 6.31. The lowest BCUT2D eigenvalue weighted by Crippen LogP contribution is -2.37. The van der Waals surface area contributed by atoms with Crippen LogP contribution in [0.25, 0.3) is 0 Å². The first kappa shape index (κ1) is 13.5. The van der Waals surface area contributed by atoms with Gasteiger partial charge in [0.05, 0.1) is 13.7 Å². The summed E-state index contributed by atoms with van der Waals surface area (Å²) in [6.07, 6.45) is 2.64. The summed E-state index contributed by atoms with van der Waals surface area (Å²) in [7, 11) is 1.59. The molecule has 0 atom stereocenters. The molecule has 2 heterocycles. The average molecular weight is 265 g/mol. The Morgan fingerprint density at radius 2 is 2.26 bits per heavy atom. The molecule has 0 unspecified atom stereocenters. The van der Waals surface area contributed by atoms with Crippen LogP contribution in [0.3, 0.4) is 0 Å². The van der Waals surface area contributed by atoms with Crippen molar-refractivity contribution < 1.29 is 9.53 Å². The van der Waals surface area contributed by atoms with Crippen LogP contribution < -0.4 is 15.4 Å². The van der Waals surface area contributed by atoms with Crippen molar-refractivity contribution in [2.45, 2.75) is 6.42 Å². The fraction of sp³-hybridized carbons (Fsp3) is 0.583. The lowest BCUT2D eigenvalue weighted by molar-refractivity contribution is -0.119. The number of hydrogen-bond acceptors (Lipinski definition) is 6. The summed E-state index contributed by atoms with van der Waals surface area (Å²) in [5.41, 5.74) is 5.22. The quantitative estimate of drug-likeness (QED) is 0.788. The molecule has 7 nitrogen and oxygen atoms in total. The van der Waals surface area contributed by atoms with Crippen LogP contribution >= 0.6 is 0 Å². The zero-order chi connectivity index (χ0) is 13.7. The van der Waals surface area contributed by atoms with E-state index in [1.165, 1.54) is 0 Å². The molecule has 1 saturated heterocycles. The molecule has 0 spiro atoms. The summed E-state index contributed by atoms with van der Waals surface area (Å²) < 4.78 is 5.10. The lowest BCUT2D eigenvalue weighted by atomic mass is 10.4. The van der Waals surface area contributed by atoms with Gasteiger partial charge in [0.25, 0.3) is 0 Å². The Morgan fingerprint density at radius 3 is 3.00 bits per heavy atom. The number of anilines is 1. The molecule has 0 saturated carbocycles. The monoisotopic (exact) mass is 265 g/mol. The number of nitrogens with zero attached hydrogens (tertiary/aromatic N) is 4. The molecule has 104 valence electrons. The van der Waals surface area contributed by atoms with Gasteiger partial charge in [0, 0.05) is 38.4 Å². The molecule has 1 aliphatic rings. The Bertz CT molecular complexity index is 440. The molecule has 19 heavy (non-hydrogen) atoms. The van der Waals surface area contributed by atoms with Gasteiger partial charge in [-0.15, -0.1) is 0 Å². The van der Waals surface area contributed by atoms with Crippen molar-refractivity contribution in [1.29, 1.82) is 0 Å². The van der Waals surface area contributed by atoms with Crippen molar-refractivity contribution >= 4 is 11.9 Å². The second-order valence-electron chi connectivity index (χ2n) is 4.48. The maximum Gasteiger partial charge on any atom is 0.231 e. The molecule has 0 radical (unpaired) electrons. The van der Waals surface area contributed by atoms with Gasteiger partial charge in [-0.3, -0.25) is 9.69 Å². The van der Waals surface area contributed by atoms with Crippen molar-refractivity contribution in [2.75, 3.05) is 44.7 Å². The maximum atomic E-state index is 10.9. The van der Waals surface area contributed by atoms with E-state index in [0.29, 0.717) is 18.4 Å². The highest BCUT2D eigenvalue weighted by Crippen LogP contribution is 2.14. The highest BCUT2D eigenvalue weighted by molar-refractivity contribution is 5.75. The molecule has 2 N–H and O–H groups in total. The Labute approximate surface area is 112 Å². The number of rotatable bonds is 4. The number of methoxy groups -OCH3 is 1. The van der Waals surface area contributed by atoms with E-state index in [9.17, 15) is 4.79 Å². The fourth-order valence-electron chi connectivity index (χ4n) is 2.15. The predicted octanol–water partition coefficient (Wildman–Crippen LogP) is -0.517. The van der Waals surface area contributed by atoms with Gasteiger partial charge in [-0.05, 0) is 6.42 Å². The molecule has 0 aliphatic carbocycles. The molecular weight excluding hydrogens is 246 g/mol. The van der Waals surface area contributed by atoms with E-state index in [-0.39, 0.29) is 5.91 Å². The molecule has 0 aromatic carbocycles. The fourth-order valence-corrected chi connectivity index (χ4v) is 2.15. The zero-order valence-corrected chi connectivity index (χ0v) is 11.1. The minimum absolute atomic E-state index is 0.286. The number of aromatic nitrogens is 2. The van der Waals surface area contributed by atoms with Gasteiger partial charge in [-0.1, -0.05) is 0 Å². The first-order chi connectivity index (χ1) is 9.19. The van der Waals surface area contributed by atoms with E-state index in [4.69, 9.17) is 10.5 Å². The van der Waals surface area contributed by atoms with Crippen LogP contribution in [0.1, 0.15) is 6.42 Å². The minimum atomic E-state index is -0.286. The Morgan fingerprint density at radius 1 is 1.42 bits per heavy atom. The Hall–Kier alpha value is -1.89. The van der Waals surface area contributed by atoms with Gasteiger partial charge in [0.1, 0.15) is 0 Å². The normalized spacial score (nSPS) is 17.0. The lowest BCUT2D eigenvalue weighted by Gasteiger charge is -2.21. The number of carbonyl (C=O) groups excluding carboxylic acids is 1. The highest BCUT2D eigenvalue weighted by Gasteiger charge is 2.18. The molecule has 7 heteroatoms. The number of nitrogens with two attached hydrogens (primary N) is 1. The number of hydrogen-bond donors (Lipinski definition) is 1. The summed E-state index contributed by atoms with van der Waals surface area (Å²) in [6.45, 7) is 3.60. The smallest absolute Gasteiger partial charge is 0.231 e. The van der Waals surface area contributed by atoms with Crippen molar-refractivity contribution in [3.8, 4) is 5.88 Å². The number of primary amides is 1. The summed E-state index contributed by atoms with van der Waals surface area (Å²) in [5, 5.41) is 0. The standard InChI is InChI=1S/C12H19N5O2/c1-19-11-3-4-14-12(15-11)17-6-2-5-16(7-8-17)9-10(13)18/h3-4H,2,5-9H2,1H3,(H2,13,18).